The van der Waals surface area contributed by atoms with Crippen LogP contribution in [0.3, 0.4) is 0 Å². The number of primary amides is 1. The van der Waals surface area contributed by atoms with Crippen LogP contribution < -0.4 is 21.7 Å². The second-order valence-electron chi connectivity index (χ2n) is 8.35. The van der Waals surface area contributed by atoms with Crippen LogP contribution in [0.4, 0.5) is 0 Å². The molecule has 0 aromatic heterocycles. The summed E-state index contributed by atoms with van der Waals surface area (Å²) in [7, 11) is 0. The van der Waals surface area contributed by atoms with Crippen molar-refractivity contribution in [2.75, 3.05) is 45.9 Å². The van der Waals surface area contributed by atoms with Gasteiger partial charge in [0.2, 0.25) is 5.91 Å². The van der Waals surface area contributed by atoms with E-state index in [1.165, 1.54) is 0 Å². The zero-order chi connectivity index (χ0) is 23.3. The lowest BCUT2D eigenvalue weighted by atomic mass is 10.0. The third-order valence-electron chi connectivity index (χ3n) is 5.21. The van der Waals surface area contributed by atoms with Crippen molar-refractivity contribution in [1.29, 1.82) is 0 Å². The van der Waals surface area contributed by atoms with Crippen LogP contribution >= 0.6 is 0 Å². The largest absolute Gasteiger partial charge is 0.379 e. The summed E-state index contributed by atoms with van der Waals surface area (Å²) in [5.41, 5.74) is 6.52. The summed E-state index contributed by atoms with van der Waals surface area (Å²) in [6, 6.07) is 7.60. The van der Waals surface area contributed by atoms with Gasteiger partial charge < -0.3 is 26.4 Å². The number of amides is 2. The van der Waals surface area contributed by atoms with Gasteiger partial charge in [-0.05, 0) is 37.0 Å². The normalized spacial score (nSPS) is 15.9. The van der Waals surface area contributed by atoms with E-state index in [0.29, 0.717) is 24.1 Å². The SMILES string of the molecule is CCNC(=NCc1ccc(C(=O)NCC(N)=O)cc1)NCC(CC(C)C)N1CCOCC1. The van der Waals surface area contributed by atoms with E-state index in [-0.39, 0.29) is 12.5 Å². The van der Waals surface area contributed by atoms with Gasteiger partial charge in [0, 0.05) is 37.8 Å². The highest BCUT2D eigenvalue weighted by atomic mass is 16.5. The Kier molecular flexibility index (Phi) is 11.0. The predicted molar refractivity (Wildman–Crippen MR) is 126 cm³/mol. The maximum Gasteiger partial charge on any atom is 0.251 e. The molecular weight excluding hydrogens is 408 g/mol. The molecule has 32 heavy (non-hydrogen) atoms. The number of morpholine rings is 1. The maximum atomic E-state index is 12.0. The maximum absolute atomic E-state index is 12.0. The van der Waals surface area contributed by atoms with Crippen molar-refractivity contribution in [3.8, 4) is 0 Å². The zero-order valence-electron chi connectivity index (χ0n) is 19.5. The number of nitrogens with two attached hydrogens (primary N) is 1. The molecule has 0 spiro atoms. The first kappa shape index (κ1) is 25.6. The molecule has 0 bridgehead atoms. The van der Waals surface area contributed by atoms with Gasteiger partial charge in [0.1, 0.15) is 0 Å². The summed E-state index contributed by atoms with van der Waals surface area (Å²) >= 11 is 0. The van der Waals surface area contributed by atoms with Crippen LogP contribution in [0.15, 0.2) is 29.3 Å². The number of hydrogen-bond donors (Lipinski definition) is 4. The fraction of sp³-hybridized carbons (Fsp3) is 0.609. The van der Waals surface area contributed by atoms with Crippen LogP contribution in [0.1, 0.15) is 43.1 Å². The average Bonchev–Trinajstić information content (AvgIpc) is 2.79. The molecule has 5 N–H and O–H groups in total. The second kappa shape index (κ2) is 13.7. The number of carbonyl (C=O) groups excluding carboxylic acids is 2. The summed E-state index contributed by atoms with van der Waals surface area (Å²) in [6.07, 6.45) is 1.12. The Labute approximate surface area is 191 Å². The molecule has 2 rings (SSSR count). The summed E-state index contributed by atoms with van der Waals surface area (Å²) < 4.78 is 5.51. The molecule has 1 saturated heterocycles. The molecule has 1 aromatic carbocycles. The average molecular weight is 447 g/mol. The van der Waals surface area contributed by atoms with Crippen LogP contribution in [0.5, 0.6) is 0 Å². The van der Waals surface area contributed by atoms with E-state index >= 15 is 0 Å². The molecule has 1 aromatic rings. The van der Waals surface area contributed by atoms with E-state index in [0.717, 1.165) is 57.3 Å². The van der Waals surface area contributed by atoms with E-state index < -0.39 is 5.91 Å². The van der Waals surface area contributed by atoms with Crippen molar-refractivity contribution in [1.82, 2.24) is 20.9 Å². The van der Waals surface area contributed by atoms with Crippen LogP contribution in [-0.4, -0.2) is 74.7 Å². The minimum Gasteiger partial charge on any atom is -0.379 e. The standard InChI is InChI=1S/C23H38N6O3/c1-4-25-23(28-15-20(13-17(2)3)29-9-11-32-12-10-29)27-14-18-5-7-19(8-6-18)22(31)26-16-21(24)30/h5-8,17,20H,4,9-16H2,1-3H3,(H2,24,30)(H,26,31)(H2,25,27,28). The Morgan fingerprint density at radius 2 is 1.81 bits per heavy atom. The number of carbonyl (C=O) groups is 2. The molecule has 178 valence electrons. The zero-order valence-corrected chi connectivity index (χ0v) is 19.5. The molecule has 0 aliphatic carbocycles. The minimum absolute atomic E-state index is 0.176. The minimum atomic E-state index is -0.572. The molecule has 1 aliphatic heterocycles. The topological polar surface area (TPSA) is 121 Å². The van der Waals surface area contributed by atoms with Crippen LogP contribution in [0.2, 0.25) is 0 Å². The van der Waals surface area contributed by atoms with Crippen molar-refractivity contribution >= 4 is 17.8 Å². The number of benzene rings is 1. The Bertz CT molecular complexity index is 745. The highest BCUT2D eigenvalue weighted by molar-refractivity contribution is 5.96. The number of nitrogens with zero attached hydrogens (tertiary/aromatic N) is 2. The van der Waals surface area contributed by atoms with E-state index in [1.54, 1.807) is 12.1 Å². The summed E-state index contributed by atoms with van der Waals surface area (Å²) in [4.78, 5) is 30.0. The molecule has 0 saturated carbocycles. The molecule has 1 heterocycles. The van der Waals surface area contributed by atoms with Crippen molar-refractivity contribution in [2.24, 2.45) is 16.6 Å². The molecular formula is C23H38N6O3. The molecule has 2 amide bonds. The molecule has 9 heteroatoms. The van der Waals surface area contributed by atoms with Crippen molar-refractivity contribution in [3.05, 3.63) is 35.4 Å². The lowest BCUT2D eigenvalue weighted by molar-refractivity contribution is -0.117. The Morgan fingerprint density at radius 1 is 1.12 bits per heavy atom. The number of aliphatic imine (C=N–C) groups is 1. The van der Waals surface area contributed by atoms with Crippen LogP contribution in [-0.2, 0) is 16.1 Å². The number of hydrogen-bond acceptors (Lipinski definition) is 5. The highest BCUT2D eigenvalue weighted by Crippen LogP contribution is 2.13. The summed E-state index contributed by atoms with van der Waals surface area (Å²) in [5, 5.41) is 9.29. The van der Waals surface area contributed by atoms with E-state index in [9.17, 15) is 9.59 Å². The van der Waals surface area contributed by atoms with Gasteiger partial charge in [-0.25, -0.2) is 4.99 Å². The molecule has 0 radical (unpaired) electrons. The number of rotatable bonds is 11. The summed E-state index contributed by atoms with van der Waals surface area (Å²) in [5.74, 6) is 0.492. The number of guanidine groups is 1. The van der Waals surface area contributed by atoms with Gasteiger partial charge in [0.25, 0.3) is 5.91 Å². The van der Waals surface area contributed by atoms with Gasteiger partial charge in [-0.2, -0.15) is 0 Å². The van der Waals surface area contributed by atoms with Crippen molar-refractivity contribution in [3.63, 3.8) is 0 Å². The van der Waals surface area contributed by atoms with Crippen LogP contribution in [0, 0.1) is 5.92 Å². The first-order valence-electron chi connectivity index (χ1n) is 11.4. The third kappa shape index (κ3) is 9.23. The van der Waals surface area contributed by atoms with Gasteiger partial charge in [-0.1, -0.05) is 26.0 Å². The first-order chi connectivity index (χ1) is 15.4. The first-order valence-corrected chi connectivity index (χ1v) is 11.4. The molecule has 1 aliphatic rings. The Morgan fingerprint density at radius 3 is 2.41 bits per heavy atom. The molecule has 1 fully saturated rings. The smallest absolute Gasteiger partial charge is 0.251 e. The fourth-order valence-corrected chi connectivity index (χ4v) is 3.61. The van der Waals surface area contributed by atoms with Gasteiger partial charge in [-0.3, -0.25) is 14.5 Å². The third-order valence-corrected chi connectivity index (χ3v) is 5.21. The van der Waals surface area contributed by atoms with Gasteiger partial charge >= 0.3 is 0 Å². The van der Waals surface area contributed by atoms with Crippen molar-refractivity contribution in [2.45, 2.75) is 39.8 Å². The van der Waals surface area contributed by atoms with E-state index in [4.69, 9.17) is 15.5 Å². The monoisotopic (exact) mass is 446 g/mol. The lowest BCUT2D eigenvalue weighted by Gasteiger charge is -2.35. The molecule has 1 atom stereocenters. The van der Waals surface area contributed by atoms with Gasteiger partial charge in [0.15, 0.2) is 5.96 Å². The van der Waals surface area contributed by atoms with E-state index in [1.807, 2.05) is 19.1 Å². The Hall–Kier alpha value is -2.65. The molecule has 9 nitrogen and oxygen atoms in total. The van der Waals surface area contributed by atoms with Crippen LogP contribution in [0.25, 0.3) is 0 Å². The number of ether oxygens (including phenoxy) is 1. The fourth-order valence-electron chi connectivity index (χ4n) is 3.61. The predicted octanol–water partition coefficient (Wildman–Crippen LogP) is 0.704. The van der Waals surface area contributed by atoms with Crippen molar-refractivity contribution < 1.29 is 14.3 Å². The second-order valence-corrected chi connectivity index (χ2v) is 8.35. The summed E-state index contributed by atoms with van der Waals surface area (Å²) in [6.45, 7) is 12.0. The quantitative estimate of drug-likeness (QED) is 0.293. The number of nitrogens with one attached hydrogen (secondary N) is 3. The Balaban J connectivity index is 1.94. The van der Waals surface area contributed by atoms with Gasteiger partial charge in [-0.15, -0.1) is 0 Å². The highest BCUT2D eigenvalue weighted by Gasteiger charge is 2.22. The van der Waals surface area contributed by atoms with Gasteiger partial charge in [0.05, 0.1) is 26.3 Å². The molecule has 1 unspecified atom stereocenters. The van der Waals surface area contributed by atoms with E-state index in [2.05, 4.69) is 34.7 Å². The lowest BCUT2D eigenvalue weighted by Crippen LogP contribution is -2.51.